The average molecular weight is 213 g/mol. The van der Waals surface area contributed by atoms with E-state index < -0.39 is 6.09 Å². The highest BCUT2D eigenvalue weighted by Crippen LogP contribution is 2.38. The number of ether oxygens (including phenoxy) is 1. The Morgan fingerprint density at radius 1 is 1.79 bits per heavy atom. The molecule has 0 aromatic carbocycles. The SMILES string of the molecule is C=CCOC(=O)N1C[C@@H]2C[C@H]1C(=O)S2. The Balaban J connectivity index is 1.96. The number of fused-ring (bicyclic) bond motifs is 2. The Kier molecular flexibility index (Phi) is 2.50. The van der Waals surface area contributed by atoms with Crippen molar-refractivity contribution in [3.63, 3.8) is 0 Å². The molecule has 0 aliphatic carbocycles. The van der Waals surface area contributed by atoms with Gasteiger partial charge in [-0.2, -0.15) is 0 Å². The monoisotopic (exact) mass is 213 g/mol. The predicted octanol–water partition coefficient (Wildman–Crippen LogP) is 1.03. The molecule has 2 atom stereocenters. The van der Waals surface area contributed by atoms with Crippen LogP contribution in [0.15, 0.2) is 12.7 Å². The molecule has 2 aliphatic heterocycles. The maximum atomic E-state index is 11.4. The van der Waals surface area contributed by atoms with E-state index in [4.69, 9.17) is 4.74 Å². The van der Waals surface area contributed by atoms with Gasteiger partial charge < -0.3 is 4.74 Å². The Bertz CT molecular complexity index is 292. The zero-order chi connectivity index (χ0) is 10.1. The van der Waals surface area contributed by atoms with Gasteiger partial charge in [-0.05, 0) is 6.42 Å². The Morgan fingerprint density at radius 3 is 3.14 bits per heavy atom. The third kappa shape index (κ3) is 1.52. The molecule has 0 aromatic rings. The van der Waals surface area contributed by atoms with Gasteiger partial charge in [0.05, 0.1) is 0 Å². The third-order valence-electron chi connectivity index (χ3n) is 2.38. The van der Waals surface area contributed by atoms with Crippen molar-refractivity contribution in [1.82, 2.24) is 4.90 Å². The van der Waals surface area contributed by atoms with E-state index in [1.54, 1.807) is 0 Å². The van der Waals surface area contributed by atoms with Gasteiger partial charge in [-0.3, -0.25) is 9.69 Å². The summed E-state index contributed by atoms with van der Waals surface area (Å²) in [5.74, 6) is 0. The number of carbonyl (C=O) groups is 2. The summed E-state index contributed by atoms with van der Waals surface area (Å²) in [7, 11) is 0. The second kappa shape index (κ2) is 3.65. The van der Waals surface area contributed by atoms with Crippen LogP contribution < -0.4 is 0 Å². The number of carbonyl (C=O) groups excluding carboxylic acids is 2. The summed E-state index contributed by atoms with van der Waals surface area (Å²) < 4.78 is 4.88. The van der Waals surface area contributed by atoms with Gasteiger partial charge in [0.2, 0.25) is 5.12 Å². The highest BCUT2D eigenvalue weighted by atomic mass is 32.2. The van der Waals surface area contributed by atoms with E-state index in [0.717, 1.165) is 6.42 Å². The lowest BCUT2D eigenvalue weighted by Crippen LogP contribution is -2.41. The van der Waals surface area contributed by atoms with E-state index in [1.165, 1.54) is 22.7 Å². The first-order valence-corrected chi connectivity index (χ1v) is 5.35. The lowest BCUT2D eigenvalue weighted by atomic mass is 10.2. The van der Waals surface area contributed by atoms with Crippen molar-refractivity contribution in [2.75, 3.05) is 13.2 Å². The Labute approximate surface area is 86.3 Å². The lowest BCUT2D eigenvalue weighted by molar-refractivity contribution is -0.114. The molecule has 0 radical (unpaired) electrons. The number of nitrogens with zero attached hydrogens (tertiary/aromatic N) is 1. The molecule has 2 bridgehead atoms. The molecule has 0 N–H and O–H groups in total. The van der Waals surface area contributed by atoms with Crippen LogP contribution in [0.1, 0.15) is 6.42 Å². The maximum absolute atomic E-state index is 11.4. The van der Waals surface area contributed by atoms with Gasteiger partial charge in [-0.25, -0.2) is 4.79 Å². The van der Waals surface area contributed by atoms with E-state index in [-0.39, 0.29) is 23.0 Å². The van der Waals surface area contributed by atoms with Crippen LogP contribution in [0, 0.1) is 0 Å². The molecular formula is C9H11NO3S. The molecule has 0 spiro atoms. The van der Waals surface area contributed by atoms with Crippen LogP contribution in [0.5, 0.6) is 0 Å². The zero-order valence-electron chi connectivity index (χ0n) is 7.64. The fourth-order valence-electron chi connectivity index (χ4n) is 1.76. The molecule has 2 saturated heterocycles. The van der Waals surface area contributed by atoms with Crippen LogP contribution >= 0.6 is 11.8 Å². The van der Waals surface area contributed by atoms with E-state index >= 15 is 0 Å². The van der Waals surface area contributed by atoms with Crippen LogP contribution in [0.25, 0.3) is 0 Å². The van der Waals surface area contributed by atoms with Crippen molar-refractivity contribution in [1.29, 1.82) is 0 Å². The van der Waals surface area contributed by atoms with Gasteiger partial charge in [0.15, 0.2) is 0 Å². The van der Waals surface area contributed by atoms with Crippen molar-refractivity contribution in [2.45, 2.75) is 17.7 Å². The summed E-state index contributed by atoms with van der Waals surface area (Å²) in [6.07, 6.45) is 1.90. The zero-order valence-corrected chi connectivity index (χ0v) is 8.46. The van der Waals surface area contributed by atoms with Crippen LogP contribution in [-0.4, -0.2) is 40.6 Å². The van der Waals surface area contributed by atoms with Crippen LogP contribution in [-0.2, 0) is 9.53 Å². The van der Waals surface area contributed by atoms with Crippen molar-refractivity contribution in [2.24, 2.45) is 0 Å². The number of likely N-dealkylation sites (tertiary alicyclic amines) is 1. The Morgan fingerprint density at radius 2 is 2.57 bits per heavy atom. The molecule has 0 saturated carbocycles. The lowest BCUT2D eigenvalue weighted by Gasteiger charge is -2.24. The average Bonchev–Trinajstić information content (AvgIpc) is 2.72. The molecule has 14 heavy (non-hydrogen) atoms. The fourth-order valence-corrected chi connectivity index (χ4v) is 2.99. The molecule has 1 amide bonds. The summed E-state index contributed by atoms with van der Waals surface area (Å²) in [6.45, 7) is 4.29. The van der Waals surface area contributed by atoms with Crippen molar-refractivity contribution < 1.29 is 14.3 Å². The van der Waals surface area contributed by atoms with Gasteiger partial charge in [-0.15, -0.1) is 0 Å². The van der Waals surface area contributed by atoms with Crippen molar-refractivity contribution in [3.8, 4) is 0 Å². The number of thioether (sulfide) groups is 1. The first-order valence-electron chi connectivity index (χ1n) is 4.47. The van der Waals surface area contributed by atoms with Gasteiger partial charge in [-0.1, -0.05) is 24.4 Å². The predicted molar refractivity (Wildman–Crippen MR) is 53.0 cm³/mol. The minimum Gasteiger partial charge on any atom is -0.445 e. The first-order chi connectivity index (χ1) is 6.72. The molecule has 2 rings (SSSR count). The fraction of sp³-hybridized carbons (Fsp3) is 0.556. The first kappa shape index (κ1) is 9.58. The van der Waals surface area contributed by atoms with Gasteiger partial charge in [0, 0.05) is 11.8 Å². The van der Waals surface area contributed by atoms with E-state index in [0.29, 0.717) is 6.54 Å². The van der Waals surface area contributed by atoms with E-state index in [2.05, 4.69) is 6.58 Å². The third-order valence-corrected chi connectivity index (χ3v) is 3.56. The quantitative estimate of drug-likeness (QED) is 0.643. The van der Waals surface area contributed by atoms with Gasteiger partial charge in [0.1, 0.15) is 12.6 Å². The number of rotatable bonds is 2. The molecular weight excluding hydrogens is 202 g/mol. The molecule has 5 heteroatoms. The molecule has 2 fully saturated rings. The van der Waals surface area contributed by atoms with Crippen molar-refractivity contribution in [3.05, 3.63) is 12.7 Å². The van der Waals surface area contributed by atoms with Gasteiger partial charge in [0.25, 0.3) is 0 Å². The molecule has 0 unspecified atom stereocenters. The molecule has 2 heterocycles. The Hall–Kier alpha value is -0.970. The molecule has 0 aromatic heterocycles. The topological polar surface area (TPSA) is 46.6 Å². The standard InChI is InChI=1S/C9H11NO3S/c1-2-3-13-9(12)10-5-6-4-7(10)8(11)14-6/h2,6-7H,1,3-5H2/t6-,7-/m0/s1. The second-order valence-electron chi connectivity index (χ2n) is 3.33. The summed E-state index contributed by atoms with van der Waals surface area (Å²) in [5, 5.41) is 0.376. The highest BCUT2D eigenvalue weighted by molar-refractivity contribution is 8.14. The number of amides is 1. The maximum Gasteiger partial charge on any atom is 0.410 e. The molecule has 2 aliphatic rings. The van der Waals surface area contributed by atoms with Crippen molar-refractivity contribution >= 4 is 23.0 Å². The minimum absolute atomic E-state index is 0.0943. The normalized spacial score (nSPS) is 29.4. The van der Waals surface area contributed by atoms with Crippen LogP contribution in [0.3, 0.4) is 0 Å². The van der Waals surface area contributed by atoms with Crippen LogP contribution in [0.4, 0.5) is 4.79 Å². The smallest absolute Gasteiger partial charge is 0.410 e. The summed E-state index contributed by atoms with van der Waals surface area (Å²) in [4.78, 5) is 24.3. The molecule has 4 nitrogen and oxygen atoms in total. The summed E-state index contributed by atoms with van der Waals surface area (Å²) >= 11 is 1.35. The summed E-state index contributed by atoms with van der Waals surface area (Å²) in [5.41, 5.74) is 0. The molecule has 76 valence electrons. The number of hydrogen-bond donors (Lipinski definition) is 0. The van der Waals surface area contributed by atoms with Gasteiger partial charge >= 0.3 is 6.09 Å². The summed E-state index contributed by atoms with van der Waals surface area (Å²) in [6, 6.07) is -0.248. The highest BCUT2D eigenvalue weighted by Gasteiger charge is 2.47. The van der Waals surface area contributed by atoms with E-state index in [1.807, 2.05) is 0 Å². The number of hydrogen-bond acceptors (Lipinski definition) is 4. The minimum atomic E-state index is -0.397. The van der Waals surface area contributed by atoms with Crippen LogP contribution in [0.2, 0.25) is 0 Å². The largest absolute Gasteiger partial charge is 0.445 e. The van der Waals surface area contributed by atoms with E-state index in [9.17, 15) is 9.59 Å². The second-order valence-corrected chi connectivity index (χ2v) is 4.63.